The number of aryl methyl sites for hydroxylation is 2. The summed E-state index contributed by atoms with van der Waals surface area (Å²) in [5, 5.41) is 12.2. The maximum absolute atomic E-state index is 13.9. The summed E-state index contributed by atoms with van der Waals surface area (Å²) in [5.41, 5.74) is 1.04. The molecule has 0 bridgehead atoms. The average molecular weight is 473 g/mol. The fourth-order valence-electron chi connectivity index (χ4n) is 3.45. The molecule has 4 rings (SSSR count). The van der Waals surface area contributed by atoms with E-state index in [0.29, 0.717) is 17.1 Å². The third-order valence-electron chi connectivity index (χ3n) is 5.22. The van der Waals surface area contributed by atoms with E-state index in [4.69, 9.17) is 4.74 Å². The quantitative estimate of drug-likeness (QED) is 0.453. The Morgan fingerprint density at radius 3 is 2.63 bits per heavy atom. The second-order valence-electron chi connectivity index (χ2n) is 7.74. The lowest BCUT2D eigenvalue weighted by atomic mass is 10.1. The molecule has 0 spiro atoms. The Kier molecular flexibility index (Phi) is 6.37. The largest absolute Gasteiger partial charge is 0.481 e. The van der Waals surface area contributed by atoms with Crippen LogP contribution in [0.15, 0.2) is 58.5 Å². The Hall–Kier alpha value is -4.85. The number of pyridine rings is 2. The molecule has 35 heavy (non-hydrogen) atoms. The van der Waals surface area contributed by atoms with Crippen molar-refractivity contribution >= 4 is 11.6 Å². The summed E-state index contributed by atoms with van der Waals surface area (Å²) in [6.07, 6.45) is 4.47. The Bertz CT molecular complexity index is 1590. The predicted molar refractivity (Wildman–Crippen MR) is 126 cm³/mol. The Morgan fingerprint density at radius 2 is 1.94 bits per heavy atom. The first kappa shape index (κ1) is 23.3. The molecule has 0 fully saturated rings. The molecule has 0 saturated heterocycles. The Morgan fingerprint density at radius 1 is 1.14 bits per heavy atom. The molecule has 10 nitrogen and oxygen atoms in total. The molecule has 4 aromatic rings. The minimum atomic E-state index is -0.808. The molecular weight excluding hydrogens is 453 g/mol. The molecule has 1 N–H and O–H groups in total. The summed E-state index contributed by atoms with van der Waals surface area (Å²) in [7, 11) is 1.49. The van der Waals surface area contributed by atoms with Crippen molar-refractivity contribution < 1.29 is 9.13 Å². The number of hydrogen-bond donors (Lipinski definition) is 1. The van der Waals surface area contributed by atoms with Gasteiger partial charge in [-0.2, -0.15) is 10.2 Å². The van der Waals surface area contributed by atoms with Crippen molar-refractivity contribution in [2.45, 2.75) is 20.4 Å². The number of ether oxygens (including phenoxy) is 1. The second kappa shape index (κ2) is 9.56. The van der Waals surface area contributed by atoms with Crippen LogP contribution in [-0.2, 0) is 6.54 Å². The Labute approximate surface area is 198 Å². The van der Waals surface area contributed by atoms with Crippen LogP contribution < -0.4 is 21.4 Å². The van der Waals surface area contributed by atoms with Crippen molar-refractivity contribution in [3.05, 3.63) is 98.0 Å². The van der Waals surface area contributed by atoms with Gasteiger partial charge in [-0.15, -0.1) is 0 Å². The monoisotopic (exact) mass is 473 g/mol. The molecule has 11 heteroatoms. The minimum absolute atomic E-state index is 0.0465. The van der Waals surface area contributed by atoms with Gasteiger partial charge in [0.25, 0.3) is 0 Å². The van der Waals surface area contributed by atoms with E-state index in [0.717, 1.165) is 21.8 Å². The molecule has 0 aliphatic rings. The minimum Gasteiger partial charge on any atom is -0.481 e. The van der Waals surface area contributed by atoms with Crippen molar-refractivity contribution in [2.75, 3.05) is 12.4 Å². The first-order chi connectivity index (χ1) is 16.8. The van der Waals surface area contributed by atoms with E-state index in [2.05, 4.69) is 20.3 Å². The predicted octanol–water partition coefficient (Wildman–Crippen LogP) is 2.61. The van der Waals surface area contributed by atoms with E-state index in [-0.39, 0.29) is 23.7 Å². The van der Waals surface area contributed by atoms with Gasteiger partial charge in [0.05, 0.1) is 43.0 Å². The molecule has 0 aliphatic carbocycles. The van der Waals surface area contributed by atoms with Crippen LogP contribution in [0, 0.1) is 31.0 Å². The molecule has 0 unspecified atom stereocenters. The highest BCUT2D eigenvalue weighted by Crippen LogP contribution is 2.21. The van der Waals surface area contributed by atoms with Crippen LogP contribution in [0.1, 0.15) is 22.3 Å². The summed E-state index contributed by atoms with van der Waals surface area (Å²) < 4.78 is 21.1. The number of rotatable bonds is 6. The van der Waals surface area contributed by atoms with Gasteiger partial charge >= 0.3 is 11.4 Å². The standard InChI is InChI=1S/C24H20FN7O3/c1-14-6-18(11-27-10-14)32-23(33)30-22(29-20-12-28-21(35-3)7-15(20)2)31(24(32)34)13-16-4-5-19(25)17(8-16)9-26/h4-8,10-12H,13H2,1-3H3,(H,29,30,33). The van der Waals surface area contributed by atoms with Gasteiger partial charge in [-0.25, -0.2) is 23.5 Å². The summed E-state index contributed by atoms with van der Waals surface area (Å²) in [4.78, 5) is 38.8. The van der Waals surface area contributed by atoms with E-state index >= 15 is 0 Å². The van der Waals surface area contributed by atoms with Gasteiger partial charge in [0.15, 0.2) is 0 Å². The van der Waals surface area contributed by atoms with Crippen LogP contribution in [0.25, 0.3) is 5.69 Å². The van der Waals surface area contributed by atoms with Crippen LogP contribution in [0.4, 0.5) is 16.0 Å². The number of methoxy groups -OCH3 is 1. The number of aromatic nitrogens is 5. The maximum atomic E-state index is 13.9. The third kappa shape index (κ3) is 4.77. The van der Waals surface area contributed by atoms with Crippen LogP contribution >= 0.6 is 0 Å². The Balaban J connectivity index is 1.89. The fraction of sp³-hybridized carbons (Fsp3) is 0.167. The number of nitriles is 1. The lowest BCUT2D eigenvalue weighted by Gasteiger charge is -2.17. The molecular formula is C24H20FN7O3. The zero-order chi connectivity index (χ0) is 25.1. The number of nitrogens with one attached hydrogen (secondary N) is 1. The summed E-state index contributed by atoms with van der Waals surface area (Å²) >= 11 is 0. The maximum Gasteiger partial charge on any atom is 0.359 e. The molecule has 3 aromatic heterocycles. The van der Waals surface area contributed by atoms with Crippen LogP contribution in [0.5, 0.6) is 5.88 Å². The fourth-order valence-corrected chi connectivity index (χ4v) is 3.45. The molecule has 0 atom stereocenters. The van der Waals surface area contributed by atoms with Crippen LogP contribution in [0.2, 0.25) is 0 Å². The van der Waals surface area contributed by atoms with Gasteiger partial charge in [0, 0.05) is 12.3 Å². The number of halogens is 1. The van der Waals surface area contributed by atoms with E-state index in [1.54, 1.807) is 38.2 Å². The van der Waals surface area contributed by atoms with Gasteiger partial charge < -0.3 is 10.1 Å². The lowest BCUT2D eigenvalue weighted by Crippen LogP contribution is -2.41. The highest BCUT2D eigenvalue weighted by atomic mass is 19.1. The first-order valence-electron chi connectivity index (χ1n) is 10.4. The number of hydrogen-bond acceptors (Lipinski definition) is 8. The van der Waals surface area contributed by atoms with E-state index in [1.165, 1.54) is 36.2 Å². The zero-order valence-corrected chi connectivity index (χ0v) is 19.1. The van der Waals surface area contributed by atoms with Crippen molar-refractivity contribution in [1.82, 2.24) is 24.1 Å². The topological polar surface area (TPSA) is 128 Å². The third-order valence-corrected chi connectivity index (χ3v) is 5.22. The van der Waals surface area contributed by atoms with Crippen molar-refractivity contribution in [2.24, 2.45) is 0 Å². The molecule has 1 aromatic carbocycles. The average Bonchev–Trinajstić information content (AvgIpc) is 2.83. The number of nitrogens with zero attached hydrogens (tertiary/aromatic N) is 6. The molecule has 0 saturated carbocycles. The summed E-state index contributed by atoms with van der Waals surface area (Å²) in [5.74, 6) is -0.318. The summed E-state index contributed by atoms with van der Waals surface area (Å²) in [6.45, 7) is 3.49. The van der Waals surface area contributed by atoms with Crippen LogP contribution in [-0.4, -0.2) is 31.2 Å². The molecule has 0 aliphatic heterocycles. The highest BCUT2D eigenvalue weighted by Gasteiger charge is 2.17. The first-order valence-corrected chi connectivity index (χ1v) is 10.4. The van der Waals surface area contributed by atoms with Gasteiger partial charge in [0.1, 0.15) is 11.9 Å². The second-order valence-corrected chi connectivity index (χ2v) is 7.74. The number of anilines is 2. The van der Waals surface area contributed by atoms with Crippen molar-refractivity contribution in [3.8, 4) is 17.6 Å². The van der Waals surface area contributed by atoms with Gasteiger partial charge in [-0.05, 0) is 48.7 Å². The smallest absolute Gasteiger partial charge is 0.359 e. The van der Waals surface area contributed by atoms with E-state index < -0.39 is 17.2 Å². The van der Waals surface area contributed by atoms with Gasteiger partial charge in [-0.3, -0.25) is 9.55 Å². The SMILES string of the molecule is COc1cc(C)c(Nc2nc(=O)n(-c3cncc(C)c3)c(=O)n2Cc2ccc(F)c(C#N)c2)cn1. The van der Waals surface area contributed by atoms with Crippen molar-refractivity contribution in [1.29, 1.82) is 5.26 Å². The molecule has 3 heterocycles. The lowest BCUT2D eigenvalue weighted by molar-refractivity contribution is 0.397. The zero-order valence-electron chi connectivity index (χ0n) is 19.1. The van der Waals surface area contributed by atoms with E-state index in [1.807, 2.05) is 0 Å². The highest BCUT2D eigenvalue weighted by molar-refractivity contribution is 5.58. The molecule has 176 valence electrons. The summed E-state index contributed by atoms with van der Waals surface area (Å²) in [6, 6.07) is 9.05. The van der Waals surface area contributed by atoms with Gasteiger partial charge in [-0.1, -0.05) is 6.07 Å². The molecule has 0 amide bonds. The van der Waals surface area contributed by atoms with Crippen molar-refractivity contribution in [3.63, 3.8) is 0 Å². The normalized spacial score (nSPS) is 10.6. The number of benzene rings is 1. The molecule has 0 radical (unpaired) electrons. The van der Waals surface area contributed by atoms with Gasteiger partial charge in [0.2, 0.25) is 11.8 Å². The van der Waals surface area contributed by atoms with Crippen LogP contribution in [0.3, 0.4) is 0 Å². The van der Waals surface area contributed by atoms with E-state index in [9.17, 15) is 19.2 Å².